The molecule has 1 aliphatic carbocycles. The van der Waals surface area contributed by atoms with Crippen LogP contribution < -0.4 is 5.73 Å². The van der Waals surface area contributed by atoms with Crippen molar-refractivity contribution in [2.45, 2.75) is 26.2 Å². The highest BCUT2D eigenvalue weighted by atomic mass is 16.3. The Balaban J connectivity index is 2.46. The van der Waals surface area contributed by atoms with Crippen LogP contribution in [0.2, 0.25) is 0 Å². The van der Waals surface area contributed by atoms with Gasteiger partial charge in [0, 0.05) is 5.69 Å². The minimum Gasteiger partial charge on any atom is -0.444 e. The van der Waals surface area contributed by atoms with Crippen LogP contribution in [-0.4, -0.2) is 4.98 Å². The van der Waals surface area contributed by atoms with Gasteiger partial charge in [0.25, 0.3) is 0 Å². The quantitative estimate of drug-likeness (QED) is 0.689. The van der Waals surface area contributed by atoms with Gasteiger partial charge in [-0.3, -0.25) is 0 Å². The number of nitrogen functional groups attached to an aromatic ring is 1. The van der Waals surface area contributed by atoms with E-state index in [1.807, 2.05) is 0 Å². The lowest BCUT2D eigenvalue weighted by Crippen LogP contribution is -1.94. The molecule has 0 aromatic carbocycles. The van der Waals surface area contributed by atoms with Gasteiger partial charge in [-0.05, 0) is 37.3 Å². The lowest BCUT2D eigenvalue weighted by Gasteiger charge is -2.04. The van der Waals surface area contributed by atoms with Crippen molar-refractivity contribution in [3.8, 4) is 0 Å². The molecule has 0 fully saturated rings. The van der Waals surface area contributed by atoms with Gasteiger partial charge in [0.15, 0.2) is 0 Å². The summed E-state index contributed by atoms with van der Waals surface area (Å²) in [5.41, 5.74) is 11.1. The van der Waals surface area contributed by atoms with E-state index in [4.69, 9.17) is 10.2 Å². The third-order valence-corrected chi connectivity index (χ3v) is 3.05. The van der Waals surface area contributed by atoms with Gasteiger partial charge in [-0.1, -0.05) is 0 Å². The van der Waals surface area contributed by atoms with Crippen LogP contribution in [0.1, 0.15) is 23.2 Å². The maximum atomic E-state index is 5.84. The fourth-order valence-corrected chi connectivity index (χ4v) is 2.35. The largest absolute Gasteiger partial charge is 0.444 e. The molecule has 0 saturated carbocycles. The molecule has 0 amide bonds. The van der Waals surface area contributed by atoms with Crippen molar-refractivity contribution < 1.29 is 4.42 Å². The average molecular weight is 188 g/mol. The first-order chi connectivity index (χ1) is 6.77. The fourth-order valence-electron chi connectivity index (χ4n) is 2.35. The Morgan fingerprint density at radius 1 is 1.43 bits per heavy atom. The minimum atomic E-state index is 0.695. The van der Waals surface area contributed by atoms with Crippen molar-refractivity contribution in [3.63, 3.8) is 0 Å². The molecule has 2 heterocycles. The van der Waals surface area contributed by atoms with E-state index in [-0.39, 0.29) is 0 Å². The molecule has 0 bridgehead atoms. The molecule has 3 rings (SSSR count). The zero-order chi connectivity index (χ0) is 9.71. The number of hydrogen-bond donors (Lipinski definition) is 1. The molecule has 2 aromatic heterocycles. The summed E-state index contributed by atoms with van der Waals surface area (Å²) in [5.74, 6) is 0. The zero-order valence-electron chi connectivity index (χ0n) is 8.13. The second-order valence-electron chi connectivity index (χ2n) is 3.89. The Morgan fingerprint density at radius 3 is 3.14 bits per heavy atom. The standard InChI is InChI=1S/C11H12N2O/c1-6-7-3-2-4-9(7)13-11-10(6)8(12)5-14-11/h5H,2-4,12H2,1H3. The van der Waals surface area contributed by atoms with Gasteiger partial charge < -0.3 is 10.2 Å². The summed E-state index contributed by atoms with van der Waals surface area (Å²) in [6.07, 6.45) is 5.00. The van der Waals surface area contributed by atoms with Crippen LogP contribution in [0.15, 0.2) is 10.7 Å². The summed E-state index contributed by atoms with van der Waals surface area (Å²) in [7, 11) is 0. The molecule has 0 radical (unpaired) electrons. The molecule has 0 aliphatic heterocycles. The number of aromatic nitrogens is 1. The number of fused-ring (bicyclic) bond motifs is 2. The molecule has 14 heavy (non-hydrogen) atoms. The number of nitrogens with zero attached hydrogens (tertiary/aromatic N) is 1. The van der Waals surface area contributed by atoms with Gasteiger partial charge in [-0.2, -0.15) is 0 Å². The normalized spacial score (nSPS) is 14.9. The third-order valence-electron chi connectivity index (χ3n) is 3.05. The van der Waals surface area contributed by atoms with E-state index in [1.54, 1.807) is 6.26 Å². The Bertz CT molecular complexity index is 513. The molecule has 72 valence electrons. The van der Waals surface area contributed by atoms with E-state index in [9.17, 15) is 0 Å². The first-order valence-corrected chi connectivity index (χ1v) is 4.92. The number of aryl methyl sites for hydroxylation is 2. The van der Waals surface area contributed by atoms with Crippen molar-refractivity contribution >= 4 is 16.8 Å². The predicted octanol–water partition coefficient (Wildman–Crippen LogP) is 2.21. The van der Waals surface area contributed by atoms with Crippen LogP contribution in [-0.2, 0) is 12.8 Å². The van der Waals surface area contributed by atoms with Crippen LogP contribution in [0.5, 0.6) is 0 Å². The number of furan rings is 1. The van der Waals surface area contributed by atoms with E-state index in [1.165, 1.54) is 23.2 Å². The SMILES string of the molecule is Cc1c2c(nc3occ(N)c13)CCC2. The summed E-state index contributed by atoms with van der Waals surface area (Å²) in [6, 6.07) is 0. The van der Waals surface area contributed by atoms with Gasteiger partial charge in [0.1, 0.15) is 6.26 Å². The van der Waals surface area contributed by atoms with Gasteiger partial charge in [0.05, 0.1) is 11.1 Å². The topological polar surface area (TPSA) is 52.0 Å². The fraction of sp³-hybridized carbons (Fsp3) is 0.364. The molecular formula is C11H12N2O. The van der Waals surface area contributed by atoms with E-state index < -0.39 is 0 Å². The molecule has 0 spiro atoms. The van der Waals surface area contributed by atoms with Crippen molar-refractivity contribution in [3.05, 3.63) is 23.1 Å². The van der Waals surface area contributed by atoms with E-state index in [2.05, 4.69) is 11.9 Å². The van der Waals surface area contributed by atoms with Crippen molar-refractivity contribution in [1.82, 2.24) is 4.98 Å². The smallest absolute Gasteiger partial charge is 0.228 e. The van der Waals surface area contributed by atoms with Crippen molar-refractivity contribution in [1.29, 1.82) is 0 Å². The summed E-state index contributed by atoms with van der Waals surface area (Å²) in [5, 5.41) is 1.01. The molecular weight excluding hydrogens is 176 g/mol. The van der Waals surface area contributed by atoms with E-state index in [0.717, 1.165) is 18.2 Å². The van der Waals surface area contributed by atoms with E-state index in [0.29, 0.717) is 11.4 Å². The average Bonchev–Trinajstić information content (AvgIpc) is 2.74. The highest BCUT2D eigenvalue weighted by molar-refractivity contribution is 5.91. The van der Waals surface area contributed by atoms with E-state index >= 15 is 0 Å². The highest BCUT2D eigenvalue weighted by Crippen LogP contribution is 2.32. The number of anilines is 1. The maximum absolute atomic E-state index is 5.84. The lowest BCUT2D eigenvalue weighted by molar-refractivity contribution is 0.602. The Morgan fingerprint density at radius 2 is 2.29 bits per heavy atom. The van der Waals surface area contributed by atoms with Gasteiger partial charge in [-0.25, -0.2) is 4.98 Å². The molecule has 2 N–H and O–H groups in total. The summed E-state index contributed by atoms with van der Waals surface area (Å²) in [4.78, 5) is 4.49. The van der Waals surface area contributed by atoms with Crippen LogP contribution in [0.25, 0.3) is 11.1 Å². The monoisotopic (exact) mass is 188 g/mol. The number of pyridine rings is 1. The summed E-state index contributed by atoms with van der Waals surface area (Å²) in [6.45, 7) is 2.11. The lowest BCUT2D eigenvalue weighted by atomic mass is 10.1. The third kappa shape index (κ3) is 0.842. The van der Waals surface area contributed by atoms with Crippen LogP contribution in [0, 0.1) is 6.92 Å². The number of rotatable bonds is 0. The van der Waals surface area contributed by atoms with Crippen LogP contribution in [0.4, 0.5) is 5.69 Å². The summed E-state index contributed by atoms with van der Waals surface area (Å²) < 4.78 is 5.32. The summed E-state index contributed by atoms with van der Waals surface area (Å²) >= 11 is 0. The zero-order valence-corrected chi connectivity index (χ0v) is 8.13. The molecule has 1 aliphatic rings. The second kappa shape index (κ2) is 2.50. The first kappa shape index (κ1) is 7.85. The Hall–Kier alpha value is -1.51. The van der Waals surface area contributed by atoms with Gasteiger partial charge in [-0.15, -0.1) is 0 Å². The Labute approximate surface area is 81.9 Å². The van der Waals surface area contributed by atoms with Crippen LogP contribution in [0.3, 0.4) is 0 Å². The minimum absolute atomic E-state index is 0.695. The number of nitrogens with two attached hydrogens (primary N) is 1. The van der Waals surface area contributed by atoms with Gasteiger partial charge >= 0.3 is 0 Å². The second-order valence-corrected chi connectivity index (χ2v) is 3.89. The molecule has 0 saturated heterocycles. The molecule has 3 heteroatoms. The van der Waals surface area contributed by atoms with Crippen molar-refractivity contribution in [2.24, 2.45) is 0 Å². The molecule has 0 unspecified atom stereocenters. The Kier molecular flexibility index (Phi) is 1.40. The van der Waals surface area contributed by atoms with Gasteiger partial charge in [0.2, 0.25) is 5.71 Å². The van der Waals surface area contributed by atoms with Crippen LogP contribution >= 0.6 is 0 Å². The predicted molar refractivity (Wildman–Crippen MR) is 55.2 cm³/mol. The maximum Gasteiger partial charge on any atom is 0.228 e. The first-order valence-electron chi connectivity index (χ1n) is 4.92. The molecule has 2 aromatic rings. The highest BCUT2D eigenvalue weighted by Gasteiger charge is 2.19. The van der Waals surface area contributed by atoms with Crippen molar-refractivity contribution in [2.75, 3.05) is 5.73 Å². The molecule has 3 nitrogen and oxygen atoms in total. The molecule has 0 atom stereocenters. The number of hydrogen-bond acceptors (Lipinski definition) is 3.